The number of rotatable bonds is 3. The van der Waals surface area contributed by atoms with Crippen molar-refractivity contribution in [3.05, 3.63) is 41.4 Å². The summed E-state index contributed by atoms with van der Waals surface area (Å²) < 4.78 is 5.30. The van der Waals surface area contributed by atoms with E-state index in [0.29, 0.717) is 11.3 Å². The van der Waals surface area contributed by atoms with Gasteiger partial charge in [-0.25, -0.2) is 14.6 Å². The van der Waals surface area contributed by atoms with Gasteiger partial charge in [0.15, 0.2) is 0 Å². The molecule has 0 fully saturated rings. The quantitative estimate of drug-likeness (QED) is 0.860. The molecule has 0 atom stereocenters. The maximum Gasteiger partial charge on any atom is 0.354 e. The molecule has 2 N–H and O–H groups in total. The molecule has 0 unspecified atom stereocenters. The lowest BCUT2D eigenvalue weighted by Crippen LogP contribution is -1.99. The molecule has 0 radical (unpaired) electrons. The number of hydrogen-bond donors (Lipinski definition) is 2. The average Bonchev–Trinajstić information content (AvgIpc) is 2.71. The Morgan fingerprint density at radius 2 is 1.94 bits per heavy atom. The van der Waals surface area contributed by atoms with E-state index in [-0.39, 0.29) is 17.0 Å². The second kappa shape index (κ2) is 4.33. The normalized spacial score (nSPS) is 10.3. The Kier molecular flexibility index (Phi) is 2.85. The van der Waals surface area contributed by atoms with E-state index in [1.165, 1.54) is 25.3 Å². The van der Waals surface area contributed by atoms with Crippen molar-refractivity contribution in [1.29, 1.82) is 0 Å². The largest absolute Gasteiger partial charge is 0.478 e. The molecule has 0 saturated carbocycles. The standard InChI is InChI=1S/C12H9NO5/c1-6-8(11(14)15)5-10(18-6)7-2-3-13-9(4-7)12(16)17/h2-5H,1H3,(H,14,15)(H,16,17). The highest BCUT2D eigenvalue weighted by Gasteiger charge is 2.15. The topological polar surface area (TPSA) is 101 Å². The van der Waals surface area contributed by atoms with Gasteiger partial charge < -0.3 is 14.6 Å². The predicted octanol–water partition coefficient (Wildman–Crippen LogP) is 2.05. The first-order valence-electron chi connectivity index (χ1n) is 5.02. The van der Waals surface area contributed by atoms with Gasteiger partial charge in [-0.15, -0.1) is 0 Å². The number of aromatic carboxylic acids is 2. The molecule has 0 aromatic carbocycles. The number of aromatic nitrogens is 1. The van der Waals surface area contributed by atoms with Crippen molar-refractivity contribution in [2.75, 3.05) is 0 Å². The first kappa shape index (κ1) is 11.8. The van der Waals surface area contributed by atoms with Crippen molar-refractivity contribution in [3.8, 4) is 11.3 Å². The minimum atomic E-state index is -1.15. The zero-order chi connectivity index (χ0) is 13.3. The summed E-state index contributed by atoms with van der Waals surface area (Å²) in [5.41, 5.74) is 0.398. The summed E-state index contributed by atoms with van der Waals surface area (Å²) >= 11 is 0. The van der Waals surface area contributed by atoms with Gasteiger partial charge in [-0.3, -0.25) is 0 Å². The van der Waals surface area contributed by atoms with Crippen molar-refractivity contribution in [3.63, 3.8) is 0 Å². The minimum absolute atomic E-state index is 0.0543. The molecule has 18 heavy (non-hydrogen) atoms. The fraction of sp³-hybridized carbons (Fsp3) is 0.0833. The summed E-state index contributed by atoms with van der Waals surface area (Å²) in [5.74, 6) is -1.67. The van der Waals surface area contributed by atoms with E-state index < -0.39 is 11.9 Å². The smallest absolute Gasteiger partial charge is 0.354 e. The Balaban J connectivity index is 2.49. The Hall–Kier alpha value is -2.63. The second-order valence-electron chi connectivity index (χ2n) is 3.62. The van der Waals surface area contributed by atoms with Crippen LogP contribution in [-0.2, 0) is 0 Å². The van der Waals surface area contributed by atoms with E-state index in [1.54, 1.807) is 6.07 Å². The lowest BCUT2D eigenvalue weighted by atomic mass is 10.1. The molecule has 0 aliphatic heterocycles. The number of furan rings is 1. The molecule has 2 rings (SSSR count). The zero-order valence-corrected chi connectivity index (χ0v) is 9.38. The van der Waals surface area contributed by atoms with Crippen LogP contribution in [0.1, 0.15) is 26.6 Å². The van der Waals surface area contributed by atoms with Gasteiger partial charge in [-0.2, -0.15) is 0 Å². The van der Waals surface area contributed by atoms with E-state index in [4.69, 9.17) is 14.6 Å². The zero-order valence-electron chi connectivity index (χ0n) is 9.38. The molecule has 0 bridgehead atoms. The molecule has 6 heteroatoms. The van der Waals surface area contributed by atoms with Crippen LogP contribution in [0, 0.1) is 6.92 Å². The monoisotopic (exact) mass is 247 g/mol. The Morgan fingerprint density at radius 1 is 1.22 bits per heavy atom. The fourth-order valence-corrected chi connectivity index (χ4v) is 1.54. The second-order valence-corrected chi connectivity index (χ2v) is 3.62. The first-order chi connectivity index (χ1) is 8.49. The van der Waals surface area contributed by atoms with Gasteiger partial charge in [0.25, 0.3) is 0 Å². The van der Waals surface area contributed by atoms with E-state index in [9.17, 15) is 9.59 Å². The predicted molar refractivity (Wildman–Crippen MR) is 60.6 cm³/mol. The van der Waals surface area contributed by atoms with Gasteiger partial charge >= 0.3 is 11.9 Å². The molecular weight excluding hydrogens is 238 g/mol. The highest BCUT2D eigenvalue weighted by atomic mass is 16.4. The van der Waals surface area contributed by atoms with Crippen LogP contribution in [0.15, 0.2) is 28.8 Å². The van der Waals surface area contributed by atoms with Gasteiger partial charge in [-0.1, -0.05) is 0 Å². The van der Waals surface area contributed by atoms with Crippen LogP contribution in [0.25, 0.3) is 11.3 Å². The number of aryl methyl sites for hydroxylation is 1. The third-order valence-electron chi connectivity index (χ3n) is 2.41. The highest BCUT2D eigenvalue weighted by Crippen LogP contribution is 2.25. The van der Waals surface area contributed by atoms with Crippen molar-refractivity contribution >= 4 is 11.9 Å². The first-order valence-corrected chi connectivity index (χ1v) is 5.02. The van der Waals surface area contributed by atoms with Crippen LogP contribution in [0.3, 0.4) is 0 Å². The number of nitrogens with zero attached hydrogens (tertiary/aromatic N) is 1. The SMILES string of the molecule is Cc1oc(-c2ccnc(C(=O)O)c2)cc1C(=O)O. The molecule has 6 nitrogen and oxygen atoms in total. The lowest BCUT2D eigenvalue weighted by Gasteiger charge is -1.97. The number of pyridine rings is 1. The molecule has 2 aromatic heterocycles. The van der Waals surface area contributed by atoms with Gasteiger partial charge in [0.2, 0.25) is 0 Å². The minimum Gasteiger partial charge on any atom is -0.478 e. The maximum atomic E-state index is 10.9. The van der Waals surface area contributed by atoms with Crippen LogP contribution in [0.5, 0.6) is 0 Å². The summed E-state index contributed by atoms with van der Waals surface area (Å²) in [6.45, 7) is 1.53. The lowest BCUT2D eigenvalue weighted by molar-refractivity contribution is 0.0681. The Bertz CT molecular complexity index is 629. The van der Waals surface area contributed by atoms with Crippen LogP contribution in [-0.4, -0.2) is 27.1 Å². The van der Waals surface area contributed by atoms with E-state index in [2.05, 4.69) is 4.98 Å². The number of carboxylic acid groups (broad SMARTS) is 2. The van der Waals surface area contributed by atoms with Gasteiger partial charge in [-0.05, 0) is 25.1 Å². The molecule has 92 valence electrons. The molecule has 2 aromatic rings. The highest BCUT2D eigenvalue weighted by molar-refractivity contribution is 5.91. The van der Waals surface area contributed by atoms with Crippen LogP contribution < -0.4 is 0 Å². The summed E-state index contributed by atoms with van der Waals surface area (Å²) in [7, 11) is 0. The van der Waals surface area contributed by atoms with Crippen molar-refractivity contribution in [1.82, 2.24) is 4.98 Å². The van der Waals surface area contributed by atoms with Crippen molar-refractivity contribution in [2.24, 2.45) is 0 Å². The summed E-state index contributed by atoms with van der Waals surface area (Å²) in [5, 5.41) is 17.7. The van der Waals surface area contributed by atoms with E-state index in [1.807, 2.05) is 0 Å². The number of carboxylic acids is 2. The summed E-state index contributed by atoms with van der Waals surface area (Å²) in [4.78, 5) is 25.3. The molecule has 0 spiro atoms. The van der Waals surface area contributed by atoms with Gasteiger partial charge in [0.1, 0.15) is 22.8 Å². The molecule has 0 aliphatic rings. The molecule has 0 aliphatic carbocycles. The third-order valence-corrected chi connectivity index (χ3v) is 2.41. The molecule has 0 amide bonds. The van der Waals surface area contributed by atoms with Crippen LogP contribution in [0.2, 0.25) is 0 Å². The summed E-state index contributed by atoms with van der Waals surface area (Å²) in [6.07, 6.45) is 1.33. The van der Waals surface area contributed by atoms with Crippen LogP contribution in [0.4, 0.5) is 0 Å². The third kappa shape index (κ3) is 2.08. The fourth-order valence-electron chi connectivity index (χ4n) is 1.54. The van der Waals surface area contributed by atoms with E-state index >= 15 is 0 Å². The maximum absolute atomic E-state index is 10.9. The van der Waals surface area contributed by atoms with E-state index in [0.717, 1.165) is 0 Å². The number of hydrogen-bond acceptors (Lipinski definition) is 4. The Morgan fingerprint density at radius 3 is 2.50 bits per heavy atom. The Labute approximate surface area is 102 Å². The van der Waals surface area contributed by atoms with Gasteiger partial charge in [0.05, 0.1) is 0 Å². The van der Waals surface area contributed by atoms with Crippen molar-refractivity contribution in [2.45, 2.75) is 6.92 Å². The molecule has 2 heterocycles. The van der Waals surface area contributed by atoms with Gasteiger partial charge in [0, 0.05) is 11.8 Å². The average molecular weight is 247 g/mol. The molecular formula is C12H9NO5. The number of carbonyl (C=O) groups is 2. The molecule has 0 saturated heterocycles. The van der Waals surface area contributed by atoms with Crippen molar-refractivity contribution < 1.29 is 24.2 Å². The van der Waals surface area contributed by atoms with Crippen LogP contribution >= 0.6 is 0 Å². The summed E-state index contributed by atoms with van der Waals surface area (Å²) in [6, 6.07) is 4.24.